The van der Waals surface area contributed by atoms with Crippen LogP contribution in [0.15, 0.2) is 28.8 Å². The first-order valence-electron chi connectivity index (χ1n) is 4.48. The molecule has 0 saturated carbocycles. The number of aliphatic hydroxyl groups is 1. The summed E-state index contributed by atoms with van der Waals surface area (Å²) in [5.41, 5.74) is 0.725. The summed E-state index contributed by atoms with van der Waals surface area (Å²) in [6.07, 6.45) is -0.775. The average Bonchev–Trinajstić information content (AvgIpc) is 2.68. The summed E-state index contributed by atoms with van der Waals surface area (Å²) >= 11 is 0. The number of hydrogen-bond donors (Lipinski definition) is 2. The lowest BCUT2D eigenvalue weighted by Crippen LogP contribution is -1.90. The van der Waals surface area contributed by atoms with Crippen molar-refractivity contribution in [2.45, 2.75) is 13.0 Å². The van der Waals surface area contributed by atoms with Crippen LogP contribution in [-0.4, -0.2) is 20.4 Å². The molecular weight excluding hydrogens is 196 g/mol. The fraction of sp³-hybridized carbons (Fsp3) is 0.200. The van der Waals surface area contributed by atoms with Gasteiger partial charge in [-0.25, -0.2) is 0 Å². The number of rotatable bonds is 2. The number of aliphatic hydroxyl groups excluding tert-OH is 1. The molecule has 1 atom stereocenters. The molecular formula is C10H10N2O3. The Morgan fingerprint density at radius 3 is 2.47 bits per heavy atom. The van der Waals surface area contributed by atoms with E-state index < -0.39 is 6.10 Å². The largest absolute Gasteiger partial charge is 0.508 e. The normalized spacial score (nSPS) is 12.7. The fourth-order valence-corrected chi connectivity index (χ4v) is 1.13. The Morgan fingerprint density at radius 2 is 1.93 bits per heavy atom. The van der Waals surface area contributed by atoms with E-state index in [-0.39, 0.29) is 11.6 Å². The third-order valence-corrected chi connectivity index (χ3v) is 1.92. The van der Waals surface area contributed by atoms with E-state index in [2.05, 4.69) is 10.1 Å². The summed E-state index contributed by atoms with van der Waals surface area (Å²) in [5.74, 6) is 0.752. The molecule has 2 N–H and O–H groups in total. The summed E-state index contributed by atoms with van der Waals surface area (Å²) in [4.78, 5) is 4.00. The van der Waals surface area contributed by atoms with Crippen molar-refractivity contribution in [3.8, 4) is 17.1 Å². The van der Waals surface area contributed by atoms with E-state index in [1.165, 1.54) is 12.1 Å². The number of aromatic hydroxyl groups is 1. The lowest BCUT2D eigenvalue weighted by molar-refractivity contribution is 0.152. The topological polar surface area (TPSA) is 79.4 Å². The van der Waals surface area contributed by atoms with Gasteiger partial charge in [-0.2, -0.15) is 4.98 Å². The first-order valence-corrected chi connectivity index (χ1v) is 4.48. The van der Waals surface area contributed by atoms with Crippen LogP contribution in [0, 0.1) is 0 Å². The van der Waals surface area contributed by atoms with Gasteiger partial charge in [-0.05, 0) is 31.2 Å². The zero-order chi connectivity index (χ0) is 10.8. The molecule has 15 heavy (non-hydrogen) atoms. The van der Waals surface area contributed by atoms with Gasteiger partial charge in [0.15, 0.2) is 0 Å². The number of phenolic OH excluding ortho intramolecular Hbond substituents is 1. The molecule has 0 spiro atoms. The zero-order valence-electron chi connectivity index (χ0n) is 8.08. The summed E-state index contributed by atoms with van der Waals surface area (Å²) in [6.45, 7) is 1.55. The van der Waals surface area contributed by atoms with Crippen LogP contribution in [-0.2, 0) is 0 Å². The molecule has 0 unspecified atom stereocenters. The van der Waals surface area contributed by atoms with Gasteiger partial charge >= 0.3 is 0 Å². The molecule has 1 heterocycles. The maximum Gasteiger partial charge on any atom is 0.255 e. The van der Waals surface area contributed by atoms with Gasteiger partial charge in [0.2, 0.25) is 5.82 Å². The zero-order valence-corrected chi connectivity index (χ0v) is 8.08. The Labute approximate surface area is 86.0 Å². The molecule has 5 nitrogen and oxygen atoms in total. The molecule has 5 heteroatoms. The smallest absolute Gasteiger partial charge is 0.255 e. The number of hydrogen-bond acceptors (Lipinski definition) is 5. The molecule has 0 bridgehead atoms. The number of benzene rings is 1. The van der Waals surface area contributed by atoms with Crippen molar-refractivity contribution in [3.63, 3.8) is 0 Å². The predicted octanol–water partition coefficient (Wildman–Crippen LogP) is 1.50. The summed E-state index contributed by atoms with van der Waals surface area (Å²) in [6, 6.07) is 6.42. The summed E-state index contributed by atoms with van der Waals surface area (Å²) < 4.78 is 4.84. The monoisotopic (exact) mass is 206 g/mol. The highest BCUT2D eigenvalue weighted by Crippen LogP contribution is 2.20. The second kappa shape index (κ2) is 3.70. The fourth-order valence-electron chi connectivity index (χ4n) is 1.13. The first kappa shape index (κ1) is 9.67. The van der Waals surface area contributed by atoms with Crippen LogP contribution in [0.2, 0.25) is 0 Å². The number of phenols is 1. The Balaban J connectivity index is 2.33. The van der Waals surface area contributed by atoms with Gasteiger partial charge in [-0.1, -0.05) is 5.16 Å². The first-order chi connectivity index (χ1) is 7.16. The van der Waals surface area contributed by atoms with Gasteiger partial charge in [0.25, 0.3) is 5.89 Å². The lowest BCUT2D eigenvalue weighted by atomic mass is 10.2. The van der Waals surface area contributed by atoms with Crippen molar-refractivity contribution in [1.29, 1.82) is 0 Å². The second-order valence-corrected chi connectivity index (χ2v) is 3.18. The van der Waals surface area contributed by atoms with Crippen LogP contribution in [0.1, 0.15) is 18.9 Å². The van der Waals surface area contributed by atoms with E-state index in [0.29, 0.717) is 5.82 Å². The molecule has 1 aromatic carbocycles. The van der Waals surface area contributed by atoms with E-state index in [0.717, 1.165) is 5.56 Å². The summed E-state index contributed by atoms with van der Waals surface area (Å²) in [7, 11) is 0. The minimum absolute atomic E-state index is 0.179. The van der Waals surface area contributed by atoms with Gasteiger partial charge in [0.05, 0.1) is 0 Å². The van der Waals surface area contributed by atoms with Crippen molar-refractivity contribution in [2.75, 3.05) is 0 Å². The molecule has 0 aliphatic heterocycles. The molecule has 0 amide bonds. The molecule has 1 aromatic heterocycles. The van der Waals surface area contributed by atoms with E-state index >= 15 is 0 Å². The van der Waals surface area contributed by atoms with E-state index in [9.17, 15) is 5.11 Å². The Hall–Kier alpha value is -1.88. The van der Waals surface area contributed by atoms with Crippen molar-refractivity contribution in [3.05, 3.63) is 30.2 Å². The van der Waals surface area contributed by atoms with Crippen LogP contribution in [0.5, 0.6) is 5.75 Å². The standard InChI is InChI=1S/C10H10N2O3/c1-6(13)10-11-9(12-15-10)7-2-4-8(14)5-3-7/h2-6,13-14H,1H3/t6-/m0/s1. The van der Waals surface area contributed by atoms with Crippen molar-refractivity contribution >= 4 is 0 Å². The minimum atomic E-state index is -0.775. The highest BCUT2D eigenvalue weighted by atomic mass is 16.5. The van der Waals surface area contributed by atoms with Gasteiger partial charge in [-0.3, -0.25) is 0 Å². The Morgan fingerprint density at radius 1 is 1.27 bits per heavy atom. The molecule has 78 valence electrons. The third-order valence-electron chi connectivity index (χ3n) is 1.92. The van der Waals surface area contributed by atoms with Crippen molar-refractivity contribution < 1.29 is 14.7 Å². The quantitative estimate of drug-likeness (QED) is 0.778. The van der Waals surface area contributed by atoms with E-state index in [4.69, 9.17) is 9.63 Å². The van der Waals surface area contributed by atoms with Gasteiger partial charge in [0, 0.05) is 5.56 Å². The van der Waals surface area contributed by atoms with Crippen LogP contribution in [0.4, 0.5) is 0 Å². The molecule has 2 rings (SSSR count). The van der Waals surface area contributed by atoms with Gasteiger partial charge in [-0.15, -0.1) is 0 Å². The molecule has 0 saturated heterocycles. The number of nitrogens with zero attached hydrogens (tertiary/aromatic N) is 2. The Bertz CT molecular complexity index is 448. The van der Waals surface area contributed by atoms with Crippen molar-refractivity contribution in [1.82, 2.24) is 10.1 Å². The summed E-state index contributed by atoms with van der Waals surface area (Å²) in [5, 5.41) is 22.0. The average molecular weight is 206 g/mol. The lowest BCUT2D eigenvalue weighted by Gasteiger charge is -1.94. The van der Waals surface area contributed by atoms with Gasteiger partial charge in [0.1, 0.15) is 11.9 Å². The van der Waals surface area contributed by atoms with Crippen LogP contribution in [0.25, 0.3) is 11.4 Å². The Kier molecular flexibility index (Phi) is 2.39. The minimum Gasteiger partial charge on any atom is -0.508 e. The third kappa shape index (κ3) is 1.97. The van der Waals surface area contributed by atoms with Gasteiger partial charge < -0.3 is 14.7 Å². The number of aromatic nitrogens is 2. The maximum atomic E-state index is 9.19. The van der Waals surface area contributed by atoms with Crippen molar-refractivity contribution in [2.24, 2.45) is 0 Å². The molecule has 0 aliphatic carbocycles. The molecule has 0 fully saturated rings. The SMILES string of the molecule is C[C@H](O)c1nc(-c2ccc(O)cc2)no1. The van der Waals surface area contributed by atoms with E-state index in [1.54, 1.807) is 19.1 Å². The highest BCUT2D eigenvalue weighted by Gasteiger charge is 2.12. The predicted molar refractivity (Wildman–Crippen MR) is 52.0 cm³/mol. The second-order valence-electron chi connectivity index (χ2n) is 3.18. The van der Waals surface area contributed by atoms with Crippen LogP contribution in [0.3, 0.4) is 0 Å². The molecule has 0 radical (unpaired) electrons. The van der Waals surface area contributed by atoms with Crippen LogP contribution >= 0.6 is 0 Å². The van der Waals surface area contributed by atoms with Crippen LogP contribution < -0.4 is 0 Å². The molecule has 2 aromatic rings. The van der Waals surface area contributed by atoms with E-state index in [1.807, 2.05) is 0 Å². The maximum absolute atomic E-state index is 9.19. The highest BCUT2D eigenvalue weighted by molar-refractivity contribution is 5.55. The molecule has 0 aliphatic rings.